The Bertz CT molecular complexity index is 644. The van der Waals surface area contributed by atoms with Crippen LogP contribution in [0.15, 0.2) is 12.1 Å². The fourth-order valence-electron chi connectivity index (χ4n) is 2.62. The molecular formula is C14H18N2O3. The van der Waals surface area contributed by atoms with Gasteiger partial charge in [-0.1, -0.05) is 6.07 Å². The monoisotopic (exact) mass is 262 g/mol. The molecule has 0 aliphatic rings. The Morgan fingerprint density at radius 2 is 2.05 bits per heavy atom. The minimum atomic E-state index is -0.306. The van der Waals surface area contributed by atoms with Gasteiger partial charge >= 0.3 is 0 Å². The van der Waals surface area contributed by atoms with Gasteiger partial charge in [0.15, 0.2) is 0 Å². The van der Waals surface area contributed by atoms with Crippen LogP contribution in [0.4, 0.5) is 5.69 Å². The van der Waals surface area contributed by atoms with Crippen molar-refractivity contribution in [2.45, 2.75) is 26.7 Å². The van der Waals surface area contributed by atoms with Crippen LogP contribution in [0.2, 0.25) is 0 Å². The first kappa shape index (κ1) is 13.5. The van der Waals surface area contributed by atoms with E-state index in [0.717, 1.165) is 22.2 Å². The molecule has 2 aromatic rings. The Balaban J connectivity index is 2.82. The molecule has 19 heavy (non-hydrogen) atoms. The number of hydrogen-bond donors (Lipinski definition) is 1. The molecule has 0 bridgehead atoms. The highest BCUT2D eigenvalue weighted by molar-refractivity contribution is 5.95. The van der Waals surface area contributed by atoms with E-state index in [1.807, 2.05) is 24.6 Å². The van der Waals surface area contributed by atoms with Crippen molar-refractivity contribution in [3.8, 4) is 0 Å². The molecule has 1 heterocycles. The number of aliphatic hydroxyl groups excluding tert-OH is 1. The number of aliphatic hydroxyl groups is 1. The molecule has 0 saturated carbocycles. The van der Waals surface area contributed by atoms with Crippen molar-refractivity contribution in [1.82, 2.24) is 4.57 Å². The average Bonchev–Trinajstić information content (AvgIpc) is 2.59. The van der Waals surface area contributed by atoms with Crippen LogP contribution in [0.25, 0.3) is 10.9 Å². The number of benzene rings is 1. The van der Waals surface area contributed by atoms with E-state index in [1.165, 1.54) is 0 Å². The molecule has 0 fully saturated rings. The fraction of sp³-hybridized carbons (Fsp3) is 0.429. The number of rotatable bonds is 4. The summed E-state index contributed by atoms with van der Waals surface area (Å²) in [4.78, 5) is 11.0. The predicted molar refractivity (Wildman–Crippen MR) is 74.5 cm³/mol. The minimum Gasteiger partial charge on any atom is -0.396 e. The topological polar surface area (TPSA) is 68.3 Å². The van der Waals surface area contributed by atoms with E-state index < -0.39 is 0 Å². The smallest absolute Gasteiger partial charge is 0.281 e. The number of aryl methyl sites for hydroxylation is 3. The first-order chi connectivity index (χ1) is 8.99. The molecule has 0 saturated heterocycles. The van der Waals surface area contributed by atoms with Gasteiger partial charge in [0.25, 0.3) is 5.69 Å². The number of nitro benzene ring substituents is 1. The van der Waals surface area contributed by atoms with Gasteiger partial charge in [0.05, 0.1) is 15.8 Å². The van der Waals surface area contributed by atoms with Crippen LogP contribution < -0.4 is 0 Å². The Morgan fingerprint density at radius 1 is 1.37 bits per heavy atom. The second-order valence-electron chi connectivity index (χ2n) is 4.83. The van der Waals surface area contributed by atoms with Gasteiger partial charge in [0, 0.05) is 24.9 Å². The normalized spacial score (nSPS) is 11.2. The first-order valence-electron chi connectivity index (χ1n) is 6.31. The van der Waals surface area contributed by atoms with E-state index in [0.29, 0.717) is 18.4 Å². The molecule has 102 valence electrons. The van der Waals surface area contributed by atoms with Gasteiger partial charge in [-0.3, -0.25) is 10.1 Å². The molecule has 2 rings (SSSR count). The summed E-state index contributed by atoms with van der Waals surface area (Å²) in [6.45, 7) is 3.82. The van der Waals surface area contributed by atoms with Crippen LogP contribution in [-0.4, -0.2) is 21.2 Å². The molecule has 0 spiro atoms. The molecule has 5 heteroatoms. The van der Waals surface area contributed by atoms with Crippen molar-refractivity contribution >= 4 is 16.6 Å². The van der Waals surface area contributed by atoms with Crippen LogP contribution in [0, 0.1) is 24.0 Å². The molecule has 0 atom stereocenters. The minimum absolute atomic E-state index is 0.0927. The largest absolute Gasteiger partial charge is 0.396 e. The molecular weight excluding hydrogens is 244 g/mol. The molecule has 1 aromatic heterocycles. The number of nitrogens with zero attached hydrogens (tertiary/aromatic N) is 2. The van der Waals surface area contributed by atoms with Crippen molar-refractivity contribution in [3.05, 3.63) is 39.1 Å². The number of nitro groups is 1. The van der Waals surface area contributed by atoms with Crippen LogP contribution in [0.3, 0.4) is 0 Å². The summed E-state index contributed by atoms with van der Waals surface area (Å²) in [6.07, 6.45) is 1.27. The Labute approximate surface area is 111 Å². The SMILES string of the molecule is Cc1ccc2c(c(CCCO)c(C)n2C)c1[N+](=O)[O-]. The van der Waals surface area contributed by atoms with E-state index in [1.54, 1.807) is 13.0 Å². The molecule has 0 aliphatic heterocycles. The number of aromatic nitrogens is 1. The van der Waals surface area contributed by atoms with Crippen molar-refractivity contribution in [2.75, 3.05) is 6.61 Å². The summed E-state index contributed by atoms with van der Waals surface area (Å²) in [5, 5.41) is 21.0. The molecule has 0 amide bonds. The van der Waals surface area contributed by atoms with E-state index in [2.05, 4.69) is 0 Å². The Morgan fingerprint density at radius 3 is 2.63 bits per heavy atom. The summed E-state index contributed by atoms with van der Waals surface area (Å²) in [6, 6.07) is 3.71. The first-order valence-corrected chi connectivity index (χ1v) is 6.31. The van der Waals surface area contributed by atoms with Gasteiger partial charge in [-0.15, -0.1) is 0 Å². The Hall–Kier alpha value is -1.88. The lowest BCUT2D eigenvalue weighted by Gasteiger charge is -2.02. The van der Waals surface area contributed by atoms with Crippen molar-refractivity contribution in [1.29, 1.82) is 0 Å². The second kappa shape index (κ2) is 5.01. The van der Waals surface area contributed by atoms with Crippen molar-refractivity contribution < 1.29 is 10.0 Å². The summed E-state index contributed by atoms with van der Waals surface area (Å²) >= 11 is 0. The predicted octanol–water partition coefficient (Wildman–Crippen LogP) is 2.63. The summed E-state index contributed by atoms with van der Waals surface area (Å²) in [5.74, 6) is 0. The summed E-state index contributed by atoms with van der Waals surface area (Å²) < 4.78 is 1.98. The van der Waals surface area contributed by atoms with Crippen molar-refractivity contribution in [2.24, 2.45) is 7.05 Å². The van der Waals surface area contributed by atoms with Gasteiger partial charge in [-0.05, 0) is 38.3 Å². The number of hydrogen-bond acceptors (Lipinski definition) is 3. The lowest BCUT2D eigenvalue weighted by molar-refractivity contribution is -0.383. The molecule has 0 aliphatic carbocycles. The molecule has 5 nitrogen and oxygen atoms in total. The summed E-state index contributed by atoms with van der Waals surface area (Å²) in [5.41, 5.74) is 3.74. The zero-order valence-corrected chi connectivity index (χ0v) is 11.4. The van der Waals surface area contributed by atoms with Crippen LogP contribution in [0.1, 0.15) is 23.2 Å². The molecule has 0 unspecified atom stereocenters. The maximum atomic E-state index is 11.3. The van der Waals surface area contributed by atoms with Gasteiger partial charge < -0.3 is 9.67 Å². The standard InChI is InChI=1S/C14H18N2O3/c1-9-6-7-12-13(14(9)16(18)19)11(5-4-8-17)10(2)15(12)3/h6-7,17H,4-5,8H2,1-3H3. The van der Waals surface area contributed by atoms with E-state index in [-0.39, 0.29) is 17.2 Å². The van der Waals surface area contributed by atoms with Gasteiger partial charge in [0.1, 0.15) is 0 Å². The van der Waals surface area contributed by atoms with Gasteiger partial charge in [-0.25, -0.2) is 0 Å². The van der Waals surface area contributed by atoms with E-state index >= 15 is 0 Å². The highest BCUT2D eigenvalue weighted by Gasteiger charge is 2.23. The third-order valence-electron chi connectivity index (χ3n) is 3.73. The van der Waals surface area contributed by atoms with Crippen LogP contribution >= 0.6 is 0 Å². The Kier molecular flexibility index (Phi) is 3.57. The maximum absolute atomic E-state index is 11.3. The maximum Gasteiger partial charge on any atom is 0.281 e. The second-order valence-corrected chi connectivity index (χ2v) is 4.83. The van der Waals surface area contributed by atoms with Crippen LogP contribution in [0.5, 0.6) is 0 Å². The van der Waals surface area contributed by atoms with Crippen molar-refractivity contribution in [3.63, 3.8) is 0 Å². The third-order valence-corrected chi connectivity index (χ3v) is 3.73. The average molecular weight is 262 g/mol. The lowest BCUT2D eigenvalue weighted by Crippen LogP contribution is -1.96. The van der Waals surface area contributed by atoms with Crippen LogP contribution in [-0.2, 0) is 13.5 Å². The zero-order valence-electron chi connectivity index (χ0n) is 11.4. The summed E-state index contributed by atoms with van der Waals surface area (Å²) in [7, 11) is 1.92. The fourth-order valence-corrected chi connectivity index (χ4v) is 2.62. The quantitative estimate of drug-likeness (QED) is 0.680. The van der Waals surface area contributed by atoms with Gasteiger partial charge in [-0.2, -0.15) is 0 Å². The molecule has 1 aromatic carbocycles. The van der Waals surface area contributed by atoms with E-state index in [4.69, 9.17) is 5.11 Å². The third kappa shape index (κ3) is 2.10. The molecule has 1 N–H and O–H groups in total. The van der Waals surface area contributed by atoms with Gasteiger partial charge in [0.2, 0.25) is 0 Å². The highest BCUT2D eigenvalue weighted by atomic mass is 16.6. The molecule has 0 radical (unpaired) electrons. The van der Waals surface area contributed by atoms with E-state index in [9.17, 15) is 10.1 Å². The zero-order chi connectivity index (χ0) is 14.2. The number of fused-ring (bicyclic) bond motifs is 1. The highest BCUT2D eigenvalue weighted by Crippen LogP contribution is 2.35. The lowest BCUT2D eigenvalue weighted by atomic mass is 10.0.